The molecule has 0 saturated heterocycles. The van der Waals surface area contributed by atoms with Gasteiger partial charge < -0.3 is 4.74 Å². The molecule has 3 aromatic carbocycles. The van der Waals surface area contributed by atoms with Gasteiger partial charge in [-0.05, 0) is 48.7 Å². The topological polar surface area (TPSA) is 89.5 Å². The van der Waals surface area contributed by atoms with Crippen LogP contribution in [0, 0.1) is 13.8 Å². The summed E-state index contributed by atoms with van der Waals surface area (Å²) in [5.74, 6) is 0.549. The summed E-state index contributed by atoms with van der Waals surface area (Å²) in [6.45, 7) is 4.09. The van der Waals surface area contributed by atoms with E-state index in [0.717, 1.165) is 22.9 Å². The number of benzene rings is 3. The van der Waals surface area contributed by atoms with Crippen molar-refractivity contribution >= 4 is 25.5 Å². The van der Waals surface area contributed by atoms with E-state index in [-0.39, 0.29) is 9.79 Å². The van der Waals surface area contributed by atoms with Crippen LogP contribution in [-0.4, -0.2) is 23.1 Å². The van der Waals surface area contributed by atoms with Crippen molar-refractivity contribution in [3.8, 4) is 5.75 Å². The smallest absolute Gasteiger partial charge is 0.263 e. The van der Waals surface area contributed by atoms with Crippen molar-refractivity contribution in [2.45, 2.75) is 30.2 Å². The average molecular weight is 446 g/mol. The molecule has 0 saturated carbocycles. The number of ether oxygens (including phenoxy) is 1. The van der Waals surface area contributed by atoms with E-state index in [9.17, 15) is 16.8 Å². The van der Waals surface area contributed by atoms with Crippen LogP contribution in [0.25, 0.3) is 0 Å². The van der Waals surface area contributed by atoms with Crippen LogP contribution in [0.2, 0.25) is 0 Å². The minimum absolute atomic E-state index is 0.248. The van der Waals surface area contributed by atoms with Gasteiger partial charge >= 0.3 is 0 Å². The van der Waals surface area contributed by atoms with Gasteiger partial charge in [0.05, 0.1) is 10.6 Å². The van der Waals surface area contributed by atoms with Crippen LogP contribution < -0.4 is 9.46 Å². The highest BCUT2D eigenvalue weighted by atomic mass is 32.2. The van der Waals surface area contributed by atoms with Crippen molar-refractivity contribution in [1.29, 1.82) is 0 Å². The molecule has 158 valence electrons. The van der Waals surface area contributed by atoms with Gasteiger partial charge in [0.25, 0.3) is 10.0 Å². The van der Waals surface area contributed by atoms with Crippen molar-refractivity contribution < 1.29 is 21.6 Å². The summed E-state index contributed by atoms with van der Waals surface area (Å²) < 4.78 is 58.3. The molecule has 1 N–H and O–H groups in total. The second-order valence-electron chi connectivity index (χ2n) is 7.01. The van der Waals surface area contributed by atoms with Crippen LogP contribution >= 0.6 is 0 Å². The number of aryl methyl sites for hydroxylation is 1. The Morgan fingerprint density at radius 2 is 1.43 bits per heavy atom. The molecule has 0 aliphatic heterocycles. The number of hydrogen-bond acceptors (Lipinski definition) is 5. The Balaban J connectivity index is 1.93. The highest BCUT2D eigenvalue weighted by molar-refractivity contribution is 7.95. The van der Waals surface area contributed by atoms with E-state index in [0.29, 0.717) is 18.0 Å². The molecule has 6 nitrogen and oxygen atoms in total. The first-order valence-corrected chi connectivity index (χ1v) is 12.6. The standard InChI is InChI=1S/C22H23NO5S2/c1-16-13-19(14-20(17(16)2)28-15-18-9-5-4-6-10-18)23-30(26,27)22-12-8-7-11-21(22)29(3,24)25/h4-14,23H,15H2,1-3H3. The zero-order valence-corrected chi connectivity index (χ0v) is 18.5. The quantitative estimate of drug-likeness (QED) is 0.592. The van der Waals surface area contributed by atoms with Crippen molar-refractivity contribution in [3.63, 3.8) is 0 Å². The van der Waals surface area contributed by atoms with Gasteiger partial charge in [-0.3, -0.25) is 4.72 Å². The molecule has 0 amide bonds. The highest BCUT2D eigenvalue weighted by Crippen LogP contribution is 2.30. The van der Waals surface area contributed by atoms with Gasteiger partial charge in [-0.15, -0.1) is 0 Å². The van der Waals surface area contributed by atoms with Gasteiger partial charge in [0.15, 0.2) is 9.84 Å². The Kier molecular flexibility index (Phi) is 6.19. The van der Waals surface area contributed by atoms with Crippen LogP contribution in [0.1, 0.15) is 16.7 Å². The zero-order valence-electron chi connectivity index (χ0n) is 16.9. The normalized spacial score (nSPS) is 11.8. The number of sulfone groups is 1. The lowest BCUT2D eigenvalue weighted by atomic mass is 10.1. The summed E-state index contributed by atoms with van der Waals surface area (Å²) in [4.78, 5) is -0.542. The summed E-state index contributed by atoms with van der Waals surface area (Å²) in [6.07, 6.45) is 0.979. The van der Waals surface area contributed by atoms with Crippen LogP contribution in [0.15, 0.2) is 76.5 Å². The first-order chi connectivity index (χ1) is 14.1. The molecule has 0 aliphatic rings. The molecule has 0 aliphatic carbocycles. The third-order valence-electron chi connectivity index (χ3n) is 4.65. The van der Waals surface area contributed by atoms with Crippen LogP contribution in [0.3, 0.4) is 0 Å². The Morgan fingerprint density at radius 1 is 0.833 bits per heavy atom. The molecule has 0 radical (unpaired) electrons. The number of hydrogen-bond donors (Lipinski definition) is 1. The Morgan fingerprint density at radius 3 is 2.07 bits per heavy atom. The van der Waals surface area contributed by atoms with Gasteiger partial charge in [-0.1, -0.05) is 42.5 Å². The second kappa shape index (κ2) is 8.49. The fourth-order valence-electron chi connectivity index (χ4n) is 2.96. The van der Waals surface area contributed by atoms with Crippen molar-refractivity contribution in [1.82, 2.24) is 0 Å². The molecule has 3 aromatic rings. The molecular formula is C22H23NO5S2. The van der Waals surface area contributed by atoms with E-state index in [2.05, 4.69) is 4.72 Å². The highest BCUT2D eigenvalue weighted by Gasteiger charge is 2.24. The summed E-state index contributed by atoms with van der Waals surface area (Å²) in [5, 5.41) is 0. The zero-order chi connectivity index (χ0) is 21.9. The van der Waals surface area contributed by atoms with Crippen molar-refractivity contribution in [2.75, 3.05) is 11.0 Å². The van der Waals surface area contributed by atoms with E-state index in [1.54, 1.807) is 12.1 Å². The SMILES string of the molecule is Cc1cc(NS(=O)(=O)c2ccccc2S(C)(=O)=O)cc(OCc2ccccc2)c1C. The van der Waals surface area contributed by atoms with E-state index in [1.807, 2.05) is 44.2 Å². The molecule has 3 rings (SSSR count). The molecule has 0 fully saturated rings. The van der Waals surface area contributed by atoms with Gasteiger partial charge in [0.2, 0.25) is 0 Å². The van der Waals surface area contributed by atoms with E-state index in [4.69, 9.17) is 4.74 Å². The maximum absolute atomic E-state index is 12.9. The van der Waals surface area contributed by atoms with Crippen LogP contribution in [-0.2, 0) is 26.5 Å². The fraction of sp³-hybridized carbons (Fsp3) is 0.182. The molecule has 0 atom stereocenters. The largest absolute Gasteiger partial charge is 0.489 e. The van der Waals surface area contributed by atoms with Crippen LogP contribution in [0.4, 0.5) is 5.69 Å². The summed E-state index contributed by atoms with van der Waals surface area (Å²) >= 11 is 0. The lowest BCUT2D eigenvalue weighted by Gasteiger charge is -2.16. The first-order valence-electron chi connectivity index (χ1n) is 9.18. The number of sulfonamides is 1. The van der Waals surface area contributed by atoms with Gasteiger partial charge in [0.1, 0.15) is 17.3 Å². The molecule has 0 heterocycles. The van der Waals surface area contributed by atoms with Gasteiger partial charge in [-0.2, -0.15) is 0 Å². The first kappa shape index (κ1) is 21.9. The predicted molar refractivity (Wildman–Crippen MR) is 117 cm³/mol. The van der Waals surface area contributed by atoms with Gasteiger partial charge in [-0.25, -0.2) is 16.8 Å². The van der Waals surface area contributed by atoms with Crippen LogP contribution in [0.5, 0.6) is 5.75 Å². The Labute approximate surface area is 177 Å². The summed E-state index contributed by atoms with van der Waals surface area (Å²) in [6, 6.07) is 18.4. The Hall–Kier alpha value is -2.84. The molecule has 0 spiro atoms. The maximum Gasteiger partial charge on any atom is 0.263 e. The summed E-state index contributed by atoms with van der Waals surface area (Å²) in [7, 11) is -7.84. The average Bonchev–Trinajstić information content (AvgIpc) is 2.69. The minimum atomic E-state index is -4.13. The Bertz CT molecular complexity index is 1270. The number of rotatable bonds is 7. The number of anilines is 1. The monoisotopic (exact) mass is 445 g/mol. The van der Waals surface area contributed by atoms with E-state index in [1.165, 1.54) is 24.3 Å². The lowest BCUT2D eigenvalue weighted by molar-refractivity contribution is 0.304. The number of nitrogens with one attached hydrogen (secondary N) is 1. The molecule has 0 unspecified atom stereocenters. The van der Waals surface area contributed by atoms with E-state index < -0.39 is 19.9 Å². The minimum Gasteiger partial charge on any atom is -0.489 e. The predicted octanol–water partition coefficient (Wildman–Crippen LogP) is 4.09. The maximum atomic E-state index is 12.9. The molecular weight excluding hydrogens is 422 g/mol. The van der Waals surface area contributed by atoms with Crippen molar-refractivity contribution in [2.24, 2.45) is 0 Å². The molecule has 0 bridgehead atoms. The lowest BCUT2D eigenvalue weighted by Crippen LogP contribution is -2.17. The van der Waals surface area contributed by atoms with Gasteiger partial charge in [0, 0.05) is 12.3 Å². The third-order valence-corrected chi connectivity index (χ3v) is 7.37. The fourth-order valence-corrected chi connectivity index (χ4v) is 5.63. The third kappa shape index (κ3) is 5.01. The molecule has 8 heteroatoms. The molecule has 30 heavy (non-hydrogen) atoms. The summed E-state index contributed by atoms with van der Waals surface area (Å²) in [5.41, 5.74) is 3.02. The van der Waals surface area contributed by atoms with E-state index >= 15 is 0 Å². The van der Waals surface area contributed by atoms with Crippen molar-refractivity contribution in [3.05, 3.63) is 83.4 Å². The molecule has 0 aromatic heterocycles. The second-order valence-corrected chi connectivity index (χ2v) is 10.6.